The van der Waals surface area contributed by atoms with Gasteiger partial charge in [0.25, 0.3) is 0 Å². The Morgan fingerprint density at radius 1 is 1.20 bits per heavy atom. The van der Waals surface area contributed by atoms with Gasteiger partial charge in [-0.15, -0.1) is 0 Å². The zero-order chi connectivity index (χ0) is 14.2. The Kier molecular flexibility index (Phi) is 3.71. The second kappa shape index (κ2) is 5.35. The summed E-state index contributed by atoms with van der Waals surface area (Å²) in [6.45, 7) is 5.91. The monoisotopic (exact) mass is 280 g/mol. The third-order valence-electron chi connectivity index (χ3n) is 5.15. The number of nitrogens with zero attached hydrogens (tertiary/aromatic N) is 2. The van der Waals surface area contributed by atoms with E-state index in [2.05, 4.69) is 0 Å². The maximum absolute atomic E-state index is 12.7. The first-order valence-corrected chi connectivity index (χ1v) is 7.72. The average molecular weight is 280 g/mol. The van der Waals surface area contributed by atoms with Crippen LogP contribution in [0.4, 0.5) is 0 Å². The summed E-state index contributed by atoms with van der Waals surface area (Å²) in [6, 6.07) is 0. The van der Waals surface area contributed by atoms with Crippen molar-refractivity contribution < 1.29 is 14.3 Å². The van der Waals surface area contributed by atoms with Crippen LogP contribution in [0.2, 0.25) is 0 Å². The molecule has 3 aliphatic rings. The van der Waals surface area contributed by atoms with E-state index in [4.69, 9.17) is 4.74 Å². The normalized spacial score (nSPS) is 29.1. The molecule has 0 aromatic heterocycles. The molecule has 0 aromatic rings. The van der Waals surface area contributed by atoms with Crippen molar-refractivity contribution >= 4 is 11.8 Å². The minimum atomic E-state index is -0.00544. The van der Waals surface area contributed by atoms with Crippen molar-refractivity contribution in [2.75, 3.05) is 39.4 Å². The number of ether oxygens (including phenoxy) is 1. The molecule has 2 amide bonds. The maximum atomic E-state index is 12.7. The molecule has 2 saturated heterocycles. The molecule has 20 heavy (non-hydrogen) atoms. The van der Waals surface area contributed by atoms with E-state index in [-0.39, 0.29) is 23.1 Å². The molecule has 1 saturated carbocycles. The topological polar surface area (TPSA) is 49.9 Å². The Balaban J connectivity index is 1.63. The van der Waals surface area contributed by atoms with Gasteiger partial charge in [-0.3, -0.25) is 9.59 Å². The van der Waals surface area contributed by atoms with Crippen molar-refractivity contribution in [1.29, 1.82) is 0 Å². The third-order valence-corrected chi connectivity index (χ3v) is 5.15. The second-order valence-electron chi connectivity index (χ2n) is 6.62. The molecule has 2 heterocycles. The van der Waals surface area contributed by atoms with E-state index in [1.807, 2.05) is 4.90 Å². The van der Waals surface area contributed by atoms with Gasteiger partial charge in [0, 0.05) is 38.5 Å². The van der Waals surface area contributed by atoms with Crippen LogP contribution in [-0.4, -0.2) is 61.0 Å². The summed E-state index contributed by atoms with van der Waals surface area (Å²) in [5.41, 5.74) is 0.227. The van der Waals surface area contributed by atoms with Crippen LogP contribution in [0.15, 0.2) is 0 Å². The Bertz CT molecular complexity index is 406. The average Bonchev–Trinajstić information content (AvgIpc) is 2.76. The fourth-order valence-corrected chi connectivity index (χ4v) is 3.67. The zero-order valence-electron chi connectivity index (χ0n) is 12.3. The SMILES string of the molecule is CC(=O)N1CCC(C(=O)N2CCOCC3(CCC3)C2)C1. The zero-order valence-corrected chi connectivity index (χ0v) is 12.3. The second-order valence-corrected chi connectivity index (χ2v) is 6.62. The van der Waals surface area contributed by atoms with E-state index in [0.717, 1.165) is 26.1 Å². The number of amides is 2. The molecule has 0 radical (unpaired) electrons. The van der Waals surface area contributed by atoms with Gasteiger partial charge in [0.15, 0.2) is 0 Å². The number of carbonyl (C=O) groups is 2. The van der Waals surface area contributed by atoms with E-state index in [1.165, 1.54) is 19.3 Å². The summed E-state index contributed by atoms with van der Waals surface area (Å²) >= 11 is 0. The molecule has 3 rings (SSSR count). The van der Waals surface area contributed by atoms with Gasteiger partial charge in [0.2, 0.25) is 11.8 Å². The van der Waals surface area contributed by atoms with Crippen LogP contribution in [-0.2, 0) is 14.3 Å². The van der Waals surface area contributed by atoms with Crippen LogP contribution in [0.25, 0.3) is 0 Å². The highest BCUT2D eigenvalue weighted by molar-refractivity contribution is 5.81. The summed E-state index contributed by atoms with van der Waals surface area (Å²) in [5, 5.41) is 0. The number of carbonyl (C=O) groups excluding carboxylic acids is 2. The first kappa shape index (κ1) is 13.9. The fourth-order valence-electron chi connectivity index (χ4n) is 3.67. The first-order valence-electron chi connectivity index (χ1n) is 7.72. The largest absolute Gasteiger partial charge is 0.379 e. The molecule has 0 aromatic carbocycles. The van der Waals surface area contributed by atoms with Crippen LogP contribution in [0, 0.1) is 11.3 Å². The number of hydrogen-bond acceptors (Lipinski definition) is 3. The Morgan fingerprint density at radius 3 is 2.60 bits per heavy atom. The molecule has 2 aliphatic heterocycles. The predicted molar refractivity (Wildman–Crippen MR) is 74.0 cm³/mol. The highest BCUT2D eigenvalue weighted by atomic mass is 16.5. The highest BCUT2D eigenvalue weighted by Crippen LogP contribution is 2.43. The molecular weight excluding hydrogens is 256 g/mol. The Hall–Kier alpha value is -1.10. The summed E-state index contributed by atoms with van der Waals surface area (Å²) < 4.78 is 5.70. The van der Waals surface area contributed by atoms with Crippen molar-refractivity contribution in [3.8, 4) is 0 Å². The van der Waals surface area contributed by atoms with E-state index in [9.17, 15) is 9.59 Å². The molecule has 1 atom stereocenters. The molecule has 0 bridgehead atoms. The van der Waals surface area contributed by atoms with Gasteiger partial charge >= 0.3 is 0 Å². The summed E-state index contributed by atoms with van der Waals surface area (Å²) in [7, 11) is 0. The maximum Gasteiger partial charge on any atom is 0.227 e. The number of rotatable bonds is 1. The molecular formula is C15H24N2O3. The molecule has 1 unspecified atom stereocenters. The van der Waals surface area contributed by atoms with Crippen molar-refractivity contribution in [3.05, 3.63) is 0 Å². The van der Waals surface area contributed by atoms with Crippen molar-refractivity contribution in [3.63, 3.8) is 0 Å². The lowest BCUT2D eigenvalue weighted by Crippen LogP contribution is -2.47. The van der Waals surface area contributed by atoms with Gasteiger partial charge in [0.1, 0.15) is 0 Å². The predicted octanol–water partition coefficient (Wildman–Crippen LogP) is 0.884. The van der Waals surface area contributed by atoms with Gasteiger partial charge in [-0.25, -0.2) is 0 Å². The number of hydrogen-bond donors (Lipinski definition) is 0. The molecule has 3 fully saturated rings. The lowest BCUT2D eigenvalue weighted by molar-refractivity contribution is -0.137. The molecule has 1 spiro atoms. The lowest BCUT2D eigenvalue weighted by atomic mass is 9.69. The minimum absolute atomic E-state index is 0.00544. The van der Waals surface area contributed by atoms with Gasteiger partial charge < -0.3 is 14.5 Å². The van der Waals surface area contributed by atoms with Gasteiger partial charge in [-0.1, -0.05) is 6.42 Å². The molecule has 0 N–H and O–H groups in total. The summed E-state index contributed by atoms with van der Waals surface area (Å²) in [6.07, 6.45) is 4.43. The van der Waals surface area contributed by atoms with Crippen molar-refractivity contribution in [1.82, 2.24) is 9.80 Å². The van der Waals surface area contributed by atoms with Crippen molar-refractivity contribution in [2.24, 2.45) is 11.3 Å². The van der Waals surface area contributed by atoms with Crippen LogP contribution in [0.1, 0.15) is 32.6 Å². The van der Waals surface area contributed by atoms with E-state index < -0.39 is 0 Å². The van der Waals surface area contributed by atoms with Gasteiger partial charge in [-0.2, -0.15) is 0 Å². The summed E-state index contributed by atoms with van der Waals surface area (Å²) in [4.78, 5) is 27.9. The molecule has 1 aliphatic carbocycles. The van der Waals surface area contributed by atoms with Crippen LogP contribution < -0.4 is 0 Å². The number of likely N-dealkylation sites (tertiary alicyclic amines) is 1. The smallest absolute Gasteiger partial charge is 0.227 e. The molecule has 112 valence electrons. The third kappa shape index (κ3) is 2.55. The quantitative estimate of drug-likeness (QED) is 0.716. The Labute approximate surface area is 120 Å². The van der Waals surface area contributed by atoms with Gasteiger partial charge in [-0.05, 0) is 19.3 Å². The van der Waals surface area contributed by atoms with Crippen LogP contribution >= 0.6 is 0 Å². The van der Waals surface area contributed by atoms with Gasteiger partial charge in [0.05, 0.1) is 19.1 Å². The van der Waals surface area contributed by atoms with E-state index in [1.54, 1.807) is 11.8 Å². The van der Waals surface area contributed by atoms with E-state index >= 15 is 0 Å². The molecule has 5 nitrogen and oxygen atoms in total. The standard InChI is InChI=1S/C15H24N2O3/c1-12(18)16-6-3-13(9-16)14(19)17-7-8-20-11-15(10-17)4-2-5-15/h13H,2-11H2,1H3. The lowest BCUT2D eigenvalue weighted by Gasteiger charge is -2.43. The highest BCUT2D eigenvalue weighted by Gasteiger charge is 2.43. The Morgan fingerprint density at radius 2 is 2.00 bits per heavy atom. The minimum Gasteiger partial charge on any atom is -0.379 e. The molecule has 5 heteroatoms. The first-order chi connectivity index (χ1) is 9.60. The van der Waals surface area contributed by atoms with Crippen molar-refractivity contribution in [2.45, 2.75) is 32.6 Å². The summed E-state index contributed by atoms with van der Waals surface area (Å²) in [5.74, 6) is 0.301. The van der Waals surface area contributed by atoms with E-state index in [0.29, 0.717) is 19.7 Å². The fraction of sp³-hybridized carbons (Fsp3) is 0.867. The van der Waals surface area contributed by atoms with Crippen LogP contribution in [0.5, 0.6) is 0 Å². The van der Waals surface area contributed by atoms with Crippen LogP contribution in [0.3, 0.4) is 0 Å².